The van der Waals surface area contributed by atoms with E-state index in [1.54, 1.807) is 12.3 Å². The lowest BCUT2D eigenvalue weighted by Crippen LogP contribution is -2.09. The quantitative estimate of drug-likeness (QED) is 0.890. The number of aryl methyl sites for hydroxylation is 1. The highest BCUT2D eigenvalue weighted by Crippen LogP contribution is 2.23. The second kappa shape index (κ2) is 4.68. The molecule has 0 aliphatic carbocycles. The lowest BCUT2D eigenvalue weighted by Gasteiger charge is -2.14. The van der Waals surface area contributed by atoms with Crippen LogP contribution in [0.4, 0.5) is 0 Å². The summed E-state index contributed by atoms with van der Waals surface area (Å²) in [6.07, 6.45) is 2.95. The van der Waals surface area contributed by atoms with Crippen LogP contribution in [-0.4, -0.2) is 14.7 Å². The highest BCUT2D eigenvalue weighted by molar-refractivity contribution is 6.31. The van der Waals surface area contributed by atoms with Crippen LogP contribution in [0.3, 0.4) is 0 Å². The van der Waals surface area contributed by atoms with Crippen molar-refractivity contribution < 1.29 is 5.11 Å². The molecule has 0 amide bonds. The van der Waals surface area contributed by atoms with Crippen LogP contribution in [0, 0.1) is 6.92 Å². The van der Waals surface area contributed by atoms with Gasteiger partial charge < -0.3 is 9.67 Å². The van der Waals surface area contributed by atoms with E-state index in [9.17, 15) is 5.11 Å². The van der Waals surface area contributed by atoms with Crippen LogP contribution in [0.2, 0.25) is 5.02 Å². The van der Waals surface area contributed by atoms with E-state index >= 15 is 0 Å². The molecule has 1 aromatic heterocycles. The molecule has 0 spiro atoms. The van der Waals surface area contributed by atoms with E-state index in [1.165, 1.54) is 0 Å². The van der Waals surface area contributed by atoms with E-state index in [0.717, 1.165) is 11.4 Å². The normalized spacial score (nSPS) is 12.7. The van der Waals surface area contributed by atoms with Gasteiger partial charge in [-0.05, 0) is 13.0 Å². The molecule has 0 fully saturated rings. The van der Waals surface area contributed by atoms with Crippen LogP contribution in [0.5, 0.6) is 0 Å². The SMILES string of the molecule is Cc1nccn1CC(O)c1ccccc1Cl. The Hall–Kier alpha value is -1.32. The number of hydrogen-bond acceptors (Lipinski definition) is 2. The predicted molar refractivity (Wildman–Crippen MR) is 63.4 cm³/mol. The lowest BCUT2D eigenvalue weighted by molar-refractivity contribution is 0.155. The van der Waals surface area contributed by atoms with Gasteiger partial charge in [0.15, 0.2) is 0 Å². The van der Waals surface area contributed by atoms with E-state index in [-0.39, 0.29) is 0 Å². The maximum atomic E-state index is 10.1. The summed E-state index contributed by atoms with van der Waals surface area (Å²) in [4.78, 5) is 4.10. The molecule has 84 valence electrons. The zero-order valence-corrected chi connectivity index (χ0v) is 9.72. The Bertz CT molecular complexity index is 481. The Morgan fingerprint density at radius 3 is 2.81 bits per heavy atom. The summed E-state index contributed by atoms with van der Waals surface area (Å²) in [5.74, 6) is 0.881. The van der Waals surface area contributed by atoms with E-state index in [0.29, 0.717) is 11.6 Å². The smallest absolute Gasteiger partial charge is 0.105 e. The fraction of sp³-hybridized carbons (Fsp3) is 0.250. The van der Waals surface area contributed by atoms with Crippen molar-refractivity contribution in [1.29, 1.82) is 0 Å². The van der Waals surface area contributed by atoms with Gasteiger partial charge in [-0.2, -0.15) is 0 Å². The van der Waals surface area contributed by atoms with Gasteiger partial charge in [-0.25, -0.2) is 4.98 Å². The van der Waals surface area contributed by atoms with E-state index in [1.807, 2.05) is 35.9 Å². The molecule has 1 N–H and O–H groups in total. The van der Waals surface area contributed by atoms with Crippen molar-refractivity contribution in [2.45, 2.75) is 19.6 Å². The first-order chi connectivity index (χ1) is 7.68. The van der Waals surface area contributed by atoms with Crippen molar-refractivity contribution in [2.75, 3.05) is 0 Å². The highest BCUT2D eigenvalue weighted by Gasteiger charge is 2.12. The van der Waals surface area contributed by atoms with Crippen LogP contribution >= 0.6 is 11.6 Å². The van der Waals surface area contributed by atoms with Gasteiger partial charge in [0, 0.05) is 23.0 Å². The van der Waals surface area contributed by atoms with Crippen LogP contribution in [0.1, 0.15) is 17.5 Å². The number of imidazole rings is 1. The molecule has 1 aromatic carbocycles. The average molecular weight is 237 g/mol. The molecule has 0 saturated heterocycles. The van der Waals surface area contributed by atoms with Gasteiger partial charge in [0.1, 0.15) is 5.82 Å². The van der Waals surface area contributed by atoms with Crippen LogP contribution in [0.25, 0.3) is 0 Å². The Morgan fingerprint density at radius 2 is 2.19 bits per heavy atom. The summed E-state index contributed by atoms with van der Waals surface area (Å²) in [5.41, 5.74) is 0.747. The van der Waals surface area contributed by atoms with Gasteiger partial charge in [-0.1, -0.05) is 29.8 Å². The molecule has 3 nitrogen and oxygen atoms in total. The summed E-state index contributed by atoms with van der Waals surface area (Å²) in [6.45, 7) is 2.37. The van der Waals surface area contributed by atoms with Crippen molar-refractivity contribution >= 4 is 11.6 Å². The zero-order chi connectivity index (χ0) is 11.5. The molecule has 0 saturated carbocycles. The third-order valence-electron chi connectivity index (χ3n) is 2.56. The molecule has 0 bridgehead atoms. The molecular weight excluding hydrogens is 224 g/mol. The fourth-order valence-corrected chi connectivity index (χ4v) is 1.89. The van der Waals surface area contributed by atoms with E-state index < -0.39 is 6.10 Å². The Balaban J connectivity index is 2.18. The molecule has 0 aliphatic rings. The number of aliphatic hydroxyl groups excluding tert-OH is 1. The summed E-state index contributed by atoms with van der Waals surface area (Å²) in [7, 11) is 0. The standard InChI is InChI=1S/C12H13ClN2O/c1-9-14-6-7-15(9)8-12(16)10-4-2-3-5-11(10)13/h2-7,12,16H,8H2,1H3. The minimum atomic E-state index is -0.610. The number of rotatable bonds is 3. The van der Waals surface area contributed by atoms with Gasteiger partial charge in [0.2, 0.25) is 0 Å². The summed E-state index contributed by atoms with van der Waals surface area (Å²) >= 11 is 6.01. The lowest BCUT2D eigenvalue weighted by atomic mass is 10.1. The summed E-state index contributed by atoms with van der Waals surface area (Å²) in [6, 6.07) is 7.33. The first-order valence-electron chi connectivity index (χ1n) is 5.08. The van der Waals surface area contributed by atoms with Crippen molar-refractivity contribution in [3.8, 4) is 0 Å². The molecule has 1 atom stereocenters. The van der Waals surface area contributed by atoms with Gasteiger partial charge in [-0.15, -0.1) is 0 Å². The number of hydrogen-bond donors (Lipinski definition) is 1. The largest absolute Gasteiger partial charge is 0.386 e. The van der Waals surface area contributed by atoms with Crippen molar-refractivity contribution in [3.63, 3.8) is 0 Å². The number of halogens is 1. The molecule has 4 heteroatoms. The van der Waals surface area contributed by atoms with Crippen molar-refractivity contribution in [2.24, 2.45) is 0 Å². The third kappa shape index (κ3) is 2.26. The number of nitrogens with zero attached hydrogens (tertiary/aromatic N) is 2. The van der Waals surface area contributed by atoms with Crippen molar-refractivity contribution in [3.05, 3.63) is 53.1 Å². The Labute approximate surface area is 99.3 Å². The second-order valence-electron chi connectivity index (χ2n) is 3.66. The van der Waals surface area contributed by atoms with E-state index in [4.69, 9.17) is 11.6 Å². The Kier molecular flexibility index (Phi) is 3.27. The first-order valence-corrected chi connectivity index (χ1v) is 5.46. The van der Waals surface area contributed by atoms with Crippen LogP contribution in [-0.2, 0) is 6.54 Å². The molecule has 1 heterocycles. The molecular formula is C12H13ClN2O. The zero-order valence-electron chi connectivity index (χ0n) is 8.97. The first kappa shape index (κ1) is 11.2. The minimum absolute atomic E-state index is 0.468. The minimum Gasteiger partial charge on any atom is -0.386 e. The van der Waals surface area contributed by atoms with Gasteiger partial charge in [-0.3, -0.25) is 0 Å². The maximum Gasteiger partial charge on any atom is 0.105 e. The van der Waals surface area contributed by atoms with Crippen molar-refractivity contribution in [1.82, 2.24) is 9.55 Å². The van der Waals surface area contributed by atoms with Gasteiger partial charge >= 0.3 is 0 Å². The summed E-state index contributed by atoms with van der Waals surface area (Å²) in [5, 5.41) is 10.7. The van der Waals surface area contributed by atoms with Gasteiger partial charge in [0.25, 0.3) is 0 Å². The Morgan fingerprint density at radius 1 is 1.44 bits per heavy atom. The molecule has 0 radical (unpaired) electrons. The van der Waals surface area contributed by atoms with Crippen LogP contribution < -0.4 is 0 Å². The number of aromatic nitrogens is 2. The van der Waals surface area contributed by atoms with E-state index in [2.05, 4.69) is 4.98 Å². The van der Waals surface area contributed by atoms with Crippen LogP contribution in [0.15, 0.2) is 36.7 Å². The summed E-state index contributed by atoms with van der Waals surface area (Å²) < 4.78 is 1.90. The average Bonchev–Trinajstić information content (AvgIpc) is 2.65. The highest BCUT2D eigenvalue weighted by atomic mass is 35.5. The molecule has 2 rings (SSSR count). The molecule has 16 heavy (non-hydrogen) atoms. The number of benzene rings is 1. The topological polar surface area (TPSA) is 38.0 Å². The number of aliphatic hydroxyl groups is 1. The molecule has 1 unspecified atom stereocenters. The molecule has 2 aromatic rings. The van der Waals surface area contributed by atoms with Gasteiger partial charge in [0.05, 0.1) is 12.6 Å². The maximum absolute atomic E-state index is 10.1. The monoisotopic (exact) mass is 236 g/mol. The molecule has 0 aliphatic heterocycles. The third-order valence-corrected chi connectivity index (χ3v) is 2.90. The second-order valence-corrected chi connectivity index (χ2v) is 4.07. The predicted octanol–water partition coefficient (Wildman–Crippen LogP) is 2.58. The fourth-order valence-electron chi connectivity index (χ4n) is 1.63.